The lowest BCUT2D eigenvalue weighted by molar-refractivity contribution is -0.910. The molecule has 0 aliphatic heterocycles. The van der Waals surface area contributed by atoms with Gasteiger partial charge in [0.2, 0.25) is 0 Å². The monoisotopic (exact) mass is 279 g/mol. The van der Waals surface area contributed by atoms with Gasteiger partial charge in [0, 0.05) is 11.1 Å². The Morgan fingerprint density at radius 3 is 2.58 bits per heavy atom. The van der Waals surface area contributed by atoms with Crippen LogP contribution in [0.5, 0.6) is 0 Å². The zero-order valence-electron chi connectivity index (χ0n) is 11.6. The number of aryl methyl sites for hydroxylation is 1. The highest BCUT2D eigenvalue weighted by atomic mass is 35.5. The maximum atomic E-state index is 12.6. The van der Waals surface area contributed by atoms with Gasteiger partial charge in [-0.15, -0.1) is 0 Å². The van der Waals surface area contributed by atoms with Crippen LogP contribution in [-0.4, -0.2) is 18.1 Å². The fourth-order valence-electron chi connectivity index (χ4n) is 2.40. The third-order valence-corrected chi connectivity index (χ3v) is 4.04. The van der Waals surface area contributed by atoms with Crippen molar-refractivity contribution in [3.05, 3.63) is 44.7 Å². The molecule has 2 rings (SSSR count). The Morgan fingerprint density at radius 1 is 1.26 bits per heavy atom. The summed E-state index contributed by atoms with van der Waals surface area (Å²) in [6.07, 6.45) is 0. The van der Waals surface area contributed by atoms with Crippen molar-refractivity contribution in [2.24, 2.45) is 0 Å². The van der Waals surface area contributed by atoms with E-state index in [1.165, 1.54) is 4.90 Å². The minimum Gasteiger partial charge on any atom is -0.357 e. The fourth-order valence-corrected chi connectivity index (χ4v) is 2.62. The van der Waals surface area contributed by atoms with Crippen LogP contribution in [-0.2, 0) is 6.54 Å². The Balaban J connectivity index is 2.60. The van der Waals surface area contributed by atoms with Crippen LogP contribution in [0.4, 0.5) is 0 Å². The molecule has 0 saturated carbocycles. The maximum Gasteiger partial charge on any atom is 0.198 e. The largest absolute Gasteiger partial charge is 0.357 e. The number of fused-ring (bicyclic) bond motifs is 1. The SMILES string of the molecule is CC[NH+](CC)Cc1c(C)[nH]c2c(Cl)cccc2c1=O. The molecule has 1 heterocycles. The molecule has 0 atom stereocenters. The quantitative estimate of drug-likeness (QED) is 0.882. The fraction of sp³-hybridized carbons (Fsp3) is 0.400. The van der Waals surface area contributed by atoms with Gasteiger partial charge >= 0.3 is 0 Å². The lowest BCUT2D eigenvalue weighted by Crippen LogP contribution is -3.10. The van der Waals surface area contributed by atoms with Gasteiger partial charge in [-0.1, -0.05) is 17.7 Å². The van der Waals surface area contributed by atoms with Gasteiger partial charge in [0.1, 0.15) is 6.54 Å². The second-order valence-corrected chi connectivity index (χ2v) is 5.26. The molecule has 0 bridgehead atoms. The number of H-pyrrole nitrogens is 1. The van der Waals surface area contributed by atoms with Gasteiger partial charge in [0.05, 0.1) is 29.2 Å². The first-order chi connectivity index (χ1) is 9.08. The maximum absolute atomic E-state index is 12.6. The lowest BCUT2D eigenvalue weighted by atomic mass is 10.1. The Bertz CT molecular complexity index is 644. The van der Waals surface area contributed by atoms with E-state index in [0.717, 1.165) is 36.4 Å². The molecular weight excluding hydrogens is 260 g/mol. The van der Waals surface area contributed by atoms with E-state index < -0.39 is 0 Å². The molecule has 0 radical (unpaired) electrons. The number of pyridine rings is 1. The van der Waals surface area contributed by atoms with Crippen LogP contribution < -0.4 is 10.3 Å². The van der Waals surface area contributed by atoms with Gasteiger partial charge in [-0.05, 0) is 32.9 Å². The van der Waals surface area contributed by atoms with Crippen molar-refractivity contribution in [3.63, 3.8) is 0 Å². The summed E-state index contributed by atoms with van der Waals surface area (Å²) in [4.78, 5) is 17.3. The van der Waals surface area contributed by atoms with E-state index in [-0.39, 0.29) is 5.43 Å². The van der Waals surface area contributed by atoms with E-state index in [1.54, 1.807) is 6.07 Å². The number of para-hydroxylation sites is 1. The van der Waals surface area contributed by atoms with Gasteiger partial charge in [-0.2, -0.15) is 0 Å². The molecule has 0 aliphatic carbocycles. The number of aromatic nitrogens is 1. The lowest BCUT2D eigenvalue weighted by Gasteiger charge is -2.16. The van der Waals surface area contributed by atoms with Gasteiger partial charge in [0.25, 0.3) is 0 Å². The van der Waals surface area contributed by atoms with Crippen molar-refractivity contribution in [1.29, 1.82) is 0 Å². The Labute approximate surface area is 118 Å². The van der Waals surface area contributed by atoms with E-state index in [9.17, 15) is 4.79 Å². The van der Waals surface area contributed by atoms with Gasteiger partial charge < -0.3 is 9.88 Å². The predicted octanol–water partition coefficient (Wildman–Crippen LogP) is 1.91. The topological polar surface area (TPSA) is 37.3 Å². The highest BCUT2D eigenvalue weighted by Crippen LogP contribution is 2.20. The van der Waals surface area contributed by atoms with E-state index >= 15 is 0 Å². The van der Waals surface area contributed by atoms with E-state index in [0.29, 0.717) is 10.4 Å². The van der Waals surface area contributed by atoms with Gasteiger partial charge in [-0.3, -0.25) is 4.79 Å². The number of hydrogen-bond acceptors (Lipinski definition) is 1. The summed E-state index contributed by atoms with van der Waals surface area (Å²) in [6.45, 7) is 9.02. The predicted molar refractivity (Wildman–Crippen MR) is 80.1 cm³/mol. The smallest absolute Gasteiger partial charge is 0.198 e. The number of rotatable bonds is 4. The minimum absolute atomic E-state index is 0.105. The zero-order valence-corrected chi connectivity index (χ0v) is 12.4. The second kappa shape index (κ2) is 5.76. The van der Waals surface area contributed by atoms with Gasteiger partial charge in [-0.25, -0.2) is 0 Å². The molecule has 4 heteroatoms. The summed E-state index contributed by atoms with van der Waals surface area (Å²) >= 11 is 6.14. The van der Waals surface area contributed by atoms with Crippen molar-refractivity contribution < 1.29 is 4.90 Å². The zero-order chi connectivity index (χ0) is 14.0. The number of benzene rings is 1. The second-order valence-electron chi connectivity index (χ2n) is 4.85. The first-order valence-corrected chi connectivity index (χ1v) is 7.09. The molecule has 19 heavy (non-hydrogen) atoms. The molecule has 1 aromatic heterocycles. The van der Waals surface area contributed by atoms with Crippen LogP contribution in [0.2, 0.25) is 5.02 Å². The molecule has 0 fully saturated rings. The van der Waals surface area contributed by atoms with E-state index in [1.807, 2.05) is 19.1 Å². The number of hydrogen-bond donors (Lipinski definition) is 2. The van der Waals surface area contributed by atoms with Crippen LogP contribution in [0.1, 0.15) is 25.1 Å². The van der Waals surface area contributed by atoms with Crippen LogP contribution in [0.25, 0.3) is 10.9 Å². The highest BCUT2D eigenvalue weighted by Gasteiger charge is 2.15. The van der Waals surface area contributed by atoms with Crippen molar-refractivity contribution in [3.8, 4) is 0 Å². The normalized spacial score (nSPS) is 11.4. The van der Waals surface area contributed by atoms with Crippen LogP contribution >= 0.6 is 11.6 Å². The first-order valence-electron chi connectivity index (χ1n) is 6.72. The third kappa shape index (κ3) is 2.67. The molecular formula is C15H20ClN2O+. The summed E-state index contributed by atoms with van der Waals surface area (Å²) < 4.78 is 0. The molecule has 0 unspecified atom stereocenters. The van der Waals surface area contributed by atoms with Crippen molar-refractivity contribution >= 4 is 22.5 Å². The van der Waals surface area contributed by atoms with Crippen molar-refractivity contribution in [2.75, 3.05) is 13.1 Å². The van der Waals surface area contributed by atoms with Gasteiger partial charge in [0.15, 0.2) is 5.43 Å². The summed E-state index contributed by atoms with van der Waals surface area (Å²) in [6, 6.07) is 5.46. The molecule has 3 nitrogen and oxygen atoms in total. The van der Waals surface area contributed by atoms with E-state index in [2.05, 4.69) is 18.8 Å². The molecule has 0 aliphatic rings. The minimum atomic E-state index is 0.105. The molecule has 2 N–H and O–H groups in total. The molecule has 0 saturated heterocycles. The number of nitrogens with one attached hydrogen (secondary N) is 2. The number of halogens is 1. The standard InChI is InChI=1S/C15H19ClN2O/c1-4-18(5-2)9-12-10(3)17-14-11(15(12)19)7-6-8-13(14)16/h6-8H,4-5,9H2,1-3H3,(H,17,19)/p+1. The molecule has 1 aromatic carbocycles. The van der Waals surface area contributed by atoms with Crippen LogP contribution in [0.15, 0.2) is 23.0 Å². The number of quaternary nitrogens is 1. The Morgan fingerprint density at radius 2 is 1.95 bits per heavy atom. The van der Waals surface area contributed by atoms with Crippen molar-refractivity contribution in [1.82, 2.24) is 4.98 Å². The summed E-state index contributed by atoms with van der Waals surface area (Å²) in [5.74, 6) is 0. The molecule has 102 valence electrons. The molecule has 2 aromatic rings. The summed E-state index contributed by atoms with van der Waals surface area (Å²) in [5, 5.41) is 1.28. The van der Waals surface area contributed by atoms with Crippen molar-refractivity contribution in [2.45, 2.75) is 27.3 Å². The van der Waals surface area contributed by atoms with Crippen LogP contribution in [0, 0.1) is 6.92 Å². The van der Waals surface area contributed by atoms with E-state index in [4.69, 9.17) is 11.6 Å². The Hall–Kier alpha value is -1.32. The molecule has 0 amide bonds. The molecule has 0 spiro atoms. The Kier molecular flexibility index (Phi) is 4.27. The summed E-state index contributed by atoms with van der Waals surface area (Å²) in [5.41, 5.74) is 2.64. The number of aromatic amines is 1. The highest BCUT2D eigenvalue weighted by molar-refractivity contribution is 6.35. The first kappa shape index (κ1) is 14.1. The van der Waals surface area contributed by atoms with Crippen LogP contribution in [0.3, 0.4) is 0 Å². The average molecular weight is 280 g/mol. The average Bonchev–Trinajstić information content (AvgIpc) is 2.40. The third-order valence-electron chi connectivity index (χ3n) is 3.72. The summed E-state index contributed by atoms with van der Waals surface area (Å²) in [7, 11) is 0.